The van der Waals surface area contributed by atoms with Gasteiger partial charge in [-0.1, -0.05) is 17.8 Å². The van der Waals surface area contributed by atoms with E-state index >= 15 is 0 Å². The number of fused-ring (bicyclic) bond motifs is 1. The van der Waals surface area contributed by atoms with E-state index in [2.05, 4.69) is 25.4 Å². The molecular weight excluding hydrogens is 441 g/mol. The average Bonchev–Trinajstić information content (AvgIpc) is 3.24. The molecule has 2 aromatic heterocycles. The zero-order valence-electron chi connectivity index (χ0n) is 18.0. The first-order chi connectivity index (χ1) is 15.9. The Morgan fingerprint density at radius 1 is 1.27 bits per heavy atom. The molecule has 168 valence electrons. The number of aliphatic imine (C=N–C) groups is 1. The molecule has 8 nitrogen and oxygen atoms in total. The van der Waals surface area contributed by atoms with Crippen molar-refractivity contribution in [2.24, 2.45) is 10.7 Å². The van der Waals surface area contributed by atoms with Gasteiger partial charge in [-0.15, -0.1) is 0 Å². The lowest BCUT2D eigenvalue weighted by Crippen LogP contribution is -2.28. The van der Waals surface area contributed by atoms with Crippen LogP contribution in [-0.4, -0.2) is 37.2 Å². The van der Waals surface area contributed by atoms with E-state index in [1.54, 1.807) is 36.7 Å². The second-order valence-electron chi connectivity index (χ2n) is 8.14. The summed E-state index contributed by atoms with van der Waals surface area (Å²) in [6, 6.07) is 6.59. The van der Waals surface area contributed by atoms with Gasteiger partial charge in [-0.3, -0.25) is 14.5 Å². The fourth-order valence-corrected chi connectivity index (χ4v) is 4.66. The number of nitrogens with zero attached hydrogens (tertiary/aromatic N) is 5. The lowest BCUT2D eigenvalue weighted by atomic mass is 9.90. The minimum absolute atomic E-state index is 0.0689. The number of nitrogens with one attached hydrogen (secondary N) is 1. The van der Waals surface area contributed by atoms with Crippen molar-refractivity contribution < 1.29 is 9.18 Å². The van der Waals surface area contributed by atoms with Crippen LogP contribution in [0.4, 0.5) is 4.39 Å². The van der Waals surface area contributed by atoms with Crippen molar-refractivity contribution in [2.45, 2.75) is 32.0 Å². The lowest BCUT2D eigenvalue weighted by Gasteiger charge is -2.26. The quantitative estimate of drug-likeness (QED) is 0.560. The highest BCUT2D eigenvalue weighted by Crippen LogP contribution is 2.34. The number of rotatable bonds is 5. The van der Waals surface area contributed by atoms with E-state index in [4.69, 9.17) is 5.73 Å². The summed E-state index contributed by atoms with van der Waals surface area (Å²) in [6.45, 7) is 4.24. The summed E-state index contributed by atoms with van der Waals surface area (Å²) < 4.78 is 16.6. The van der Waals surface area contributed by atoms with Crippen LogP contribution in [0.25, 0.3) is 11.4 Å². The number of carbonyl (C=O) groups is 1. The summed E-state index contributed by atoms with van der Waals surface area (Å²) in [5, 5.41) is 10.0. The smallest absolute Gasteiger partial charge is 0.187 e. The van der Waals surface area contributed by atoms with Crippen LogP contribution in [0.5, 0.6) is 0 Å². The molecule has 0 radical (unpaired) electrons. The van der Waals surface area contributed by atoms with Crippen LogP contribution in [0.15, 0.2) is 53.1 Å². The van der Waals surface area contributed by atoms with Gasteiger partial charge >= 0.3 is 0 Å². The lowest BCUT2D eigenvalue weighted by molar-refractivity contribution is 0.0987. The molecule has 3 aromatic rings. The molecule has 1 aromatic carbocycles. The highest BCUT2D eigenvalue weighted by atomic mass is 32.2. The van der Waals surface area contributed by atoms with Crippen molar-refractivity contribution in [3.05, 3.63) is 76.5 Å². The standard InChI is InChI=1S/C23H22FN7OS/c1-23(4-7-33-22(25)29-23)16-8-14(2-3-17(16)24)9-21(32)20-13-27-19(12-28-20)18-10-15-11-26-5-6-31(15)30-18/h2-4,7-8,10,12-13,26H,5-6,9,11H2,1H3,(H2,25,29)/t23-/m0/s1. The van der Waals surface area contributed by atoms with Crippen LogP contribution >= 0.6 is 11.8 Å². The summed E-state index contributed by atoms with van der Waals surface area (Å²) >= 11 is 1.29. The van der Waals surface area contributed by atoms with Crippen molar-refractivity contribution in [3.63, 3.8) is 0 Å². The number of carbonyl (C=O) groups excluding carboxylic acids is 1. The number of amidine groups is 1. The maximum Gasteiger partial charge on any atom is 0.187 e. The van der Waals surface area contributed by atoms with Crippen molar-refractivity contribution >= 4 is 22.7 Å². The third-order valence-corrected chi connectivity index (χ3v) is 6.34. The van der Waals surface area contributed by atoms with E-state index in [0.29, 0.717) is 22.0 Å². The Balaban J connectivity index is 1.34. The Hall–Kier alpha value is -3.37. The van der Waals surface area contributed by atoms with Crippen molar-refractivity contribution in [3.8, 4) is 11.4 Å². The summed E-state index contributed by atoms with van der Waals surface area (Å²) in [5.74, 6) is -0.605. The molecule has 0 spiro atoms. The molecular formula is C23H22FN7OS. The Morgan fingerprint density at radius 3 is 2.91 bits per heavy atom. The van der Waals surface area contributed by atoms with Crippen molar-refractivity contribution in [1.29, 1.82) is 0 Å². The van der Waals surface area contributed by atoms with Gasteiger partial charge in [0.1, 0.15) is 28.4 Å². The van der Waals surface area contributed by atoms with Crippen LogP contribution in [0.3, 0.4) is 0 Å². The van der Waals surface area contributed by atoms with Crippen LogP contribution in [0.2, 0.25) is 0 Å². The summed E-state index contributed by atoms with van der Waals surface area (Å²) in [4.78, 5) is 25.9. The van der Waals surface area contributed by atoms with Gasteiger partial charge in [-0.05, 0) is 42.2 Å². The number of hydrogen-bond acceptors (Lipinski definition) is 8. The van der Waals surface area contributed by atoms with Crippen LogP contribution in [0, 0.1) is 5.82 Å². The fraction of sp³-hybridized carbons (Fsp3) is 0.261. The Labute approximate surface area is 194 Å². The number of ketones is 1. The number of benzene rings is 1. The molecule has 2 aliphatic heterocycles. The Kier molecular flexibility index (Phi) is 5.55. The van der Waals surface area contributed by atoms with Gasteiger partial charge in [0, 0.05) is 25.1 Å². The molecule has 5 rings (SSSR count). The second kappa shape index (κ2) is 8.53. The third kappa shape index (κ3) is 4.31. The van der Waals surface area contributed by atoms with Gasteiger partial charge in [0.05, 0.1) is 24.6 Å². The van der Waals surface area contributed by atoms with Gasteiger partial charge < -0.3 is 11.1 Å². The molecule has 0 unspecified atom stereocenters. The highest BCUT2D eigenvalue weighted by molar-refractivity contribution is 8.16. The number of Topliss-reactive ketones (excluding diaryl/α,β-unsaturated/α-hetero) is 1. The number of hydrogen-bond donors (Lipinski definition) is 2. The SMILES string of the molecule is C[C@@]1(c2cc(CC(=O)c3cnc(-c4cc5n(n4)CCNC5)cn3)ccc2F)C=CSC(N)=N1. The monoisotopic (exact) mass is 463 g/mol. The first-order valence-corrected chi connectivity index (χ1v) is 11.4. The number of halogens is 1. The minimum Gasteiger partial charge on any atom is -0.378 e. The highest BCUT2D eigenvalue weighted by Gasteiger charge is 2.29. The Morgan fingerprint density at radius 2 is 2.15 bits per heavy atom. The number of aromatic nitrogens is 4. The first-order valence-electron chi connectivity index (χ1n) is 10.5. The molecule has 1 atom stereocenters. The van der Waals surface area contributed by atoms with Gasteiger partial charge in [0.25, 0.3) is 0 Å². The molecule has 2 aliphatic rings. The molecule has 0 aliphatic carbocycles. The van der Waals surface area contributed by atoms with Gasteiger partial charge in [-0.2, -0.15) is 5.10 Å². The van der Waals surface area contributed by atoms with E-state index in [-0.39, 0.29) is 17.9 Å². The molecule has 0 saturated heterocycles. The van der Waals surface area contributed by atoms with E-state index in [0.717, 1.165) is 31.0 Å². The molecule has 0 amide bonds. The normalized spacial score (nSPS) is 19.8. The van der Waals surface area contributed by atoms with E-state index in [1.165, 1.54) is 24.0 Å². The number of nitrogens with two attached hydrogens (primary N) is 1. The second-order valence-corrected chi connectivity index (χ2v) is 9.07. The molecule has 0 bridgehead atoms. The van der Waals surface area contributed by atoms with E-state index < -0.39 is 11.4 Å². The van der Waals surface area contributed by atoms with E-state index in [9.17, 15) is 9.18 Å². The largest absolute Gasteiger partial charge is 0.378 e. The molecule has 33 heavy (non-hydrogen) atoms. The van der Waals surface area contributed by atoms with E-state index in [1.807, 2.05) is 10.7 Å². The first kappa shape index (κ1) is 21.5. The predicted octanol–water partition coefficient (Wildman–Crippen LogP) is 2.80. The van der Waals surface area contributed by atoms with Crippen molar-refractivity contribution in [2.75, 3.05) is 6.54 Å². The summed E-state index contributed by atoms with van der Waals surface area (Å²) in [7, 11) is 0. The van der Waals surface area contributed by atoms with Gasteiger partial charge in [-0.25, -0.2) is 14.4 Å². The predicted molar refractivity (Wildman–Crippen MR) is 125 cm³/mol. The zero-order valence-corrected chi connectivity index (χ0v) is 18.8. The maximum absolute atomic E-state index is 14.6. The minimum atomic E-state index is -0.917. The van der Waals surface area contributed by atoms with Crippen LogP contribution in [-0.2, 0) is 25.0 Å². The third-order valence-electron chi connectivity index (χ3n) is 5.73. The van der Waals surface area contributed by atoms with Crippen molar-refractivity contribution in [1.82, 2.24) is 25.1 Å². The molecule has 0 fully saturated rings. The van der Waals surface area contributed by atoms with Gasteiger partial charge in [0.15, 0.2) is 11.0 Å². The molecule has 3 N–H and O–H groups in total. The number of thioether (sulfide) groups is 1. The Bertz CT molecular complexity index is 1260. The average molecular weight is 464 g/mol. The topological polar surface area (TPSA) is 111 Å². The summed E-state index contributed by atoms with van der Waals surface area (Å²) in [5.41, 5.74) is 8.64. The molecule has 4 heterocycles. The molecule has 10 heteroatoms. The molecule has 0 saturated carbocycles. The van der Waals surface area contributed by atoms with Crippen LogP contribution in [0.1, 0.15) is 34.2 Å². The summed E-state index contributed by atoms with van der Waals surface area (Å²) in [6.07, 6.45) is 4.89. The fourth-order valence-electron chi connectivity index (χ4n) is 3.95. The zero-order chi connectivity index (χ0) is 23.0. The maximum atomic E-state index is 14.6. The van der Waals surface area contributed by atoms with Crippen LogP contribution < -0.4 is 11.1 Å². The van der Waals surface area contributed by atoms with Gasteiger partial charge in [0.2, 0.25) is 0 Å².